The molecule has 3 N–H and O–H groups in total. The van der Waals surface area contributed by atoms with Crippen molar-refractivity contribution in [2.24, 2.45) is 17.8 Å². The fraction of sp³-hybridized carbons (Fsp3) is 0.611. The Bertz CT molecular complexity index is 534. The molecule has 3 nitrogen and oxygen atoms in total. The highest BCUT2D eigenvalue weighted by molar-refractivity contribution is 9.10. The maximum atomic E-state index is 12.2. The van der Waals surface area contributed by atoms with Crippen LogP contribution in [-0.2, 0) is 4.79 Å². The molecule has 1 aromatic carbocycles. The maximum Gasteiger partial charge on any atom is 0.279 e. The number of amides is 1. The molecule has 0 radical (unpaired) electrons. The largest absolute Gasteiger partial charge is 0.334 e. The highest BCUT2D eigenvalue weighted by atomic mass is 79.9. The average molecular weight is 364 g/mol. The summed E-state index contributed by atoms with van der Waals surface area (Å²) >= 11 is 3.41. The molecule has 4 aliphatic rings. The van der Waals surface area contributed by atoms with E-state index in [0.29, 0.717) is 12.1 Å². The summed E-state index contributed by atoms with van der Waals surface area (Å²) in [4.78, 5) is 12.2. The quantitative estimate of drug-likeness (QED) is 0.848. The lowest BCUT2D eigenvalue weighted by Gasteiger charge is -2.54. The lowest BCUT2D eigenvalue weighted by atomic mass is 9.53. The highest BCUT2D eigenvalue weighted by Gasteiger charge is 2.53. The number of hydrogen-bond donors (Lipinski definition) is 2. The molecule has 0 aromatic heterocycles. The Morgan fingerprint density at radius 2 is 1.64 bits per heavy atom. The smallest absolute Gasteiger partial charge is 0.279 e. The molecule has 0 spiro atoms. The van der Waals surface area contributed by atoms with Gasteiger partial charge in [0.05, 0.1) is 5.54 Å². The zero-order valence-corrected chi connectivity index (χ0v) is 14.4. The van der Waals surface area contributed by atoms with Crippen LogP contribution in [-0.4, -0.2) is 18.0 Å². The van der Waals surface area contributed by atoms with Gasteiger partial charge in [-0.1, -0.05) is 15.9 Å². The Kier molecular flexibility index (Phi) is 3.77. The number of halogens is 1. The van der Waals surface area contributed by atoms with Gasteiger partial charge in [-0.15, -0.1) is 0 Å². The van der Waals surface area contributed by atoms with Crippen molar-refractivity contribution in [2.45, 2.75) is 44.1 Å². The van der Waals surface area contributed by atoms with E-state index in [-0.39, 0.29) is 5.91 Å². The van der Waals surface area contributed by atoms with Crippen LogP contribution in [0.25, 0.3) is 0 Å². The van der Waals surface area contributed by atoms with Crippen molar-refractivity contribution >= 4 is 27.5 Å². The topological polar surface area (TPSA) is 45.7 Å². The summed E-state index contributed by atoms with van der Waals surface area (Å²) in [5.74, 6) is 2.95. The number of nitrogens with one attached hydrogen (secondary N) is 1. The Morgan fingerprint density at radius 3 is 2.18 bits per heavy atom. The number of benzene rings is 1. The normalized spacial score (nSPS) is 35.6. The number of hydrogen-bond acceptors (Lipinski definition) is 1. The molecule has 0 unspecified atom stereocenters. The minimum absolute atomic E-state index is 0.123. The molecule has 4 aliphatic carbocycles. The predicted molar refractivity (Wildman–Crippen MR) is 90.5 cm³/mol. The SMILES string of the molecule is O=C(C[NH2+]C12CC3CC(CC(C3)C1)C2)Nc1ccc(Br)cc1. The summed E-state index contributed by atoms with van der Waals surface area (Å²) < 4.78 is 1.03. The molecule has 118 valence electrons. The first-order chi connectivity index (χ1) is 10.6. The van der Waals surface area contributed by atoms with Crippen LogP contribution in [0.15, 0.2) is 28.7 Å². The lowest BCUT2D eigenvalue weighted by molar-refractivity contribution is -0.729. The lowest BCUT2D eigenvalue weighted by Crippen LogP contribution is -3.00. The summed E-state index contributed by atoms with van der Waals surface area (Å²) in [5.41, 5.74) is 1.26. The Labute approximate surface area is 140 Å². The van der Waals surface area contributed by atoms with E-state index in [2.05, 4.69) is 26.6 Å². The monoisotopic (exact) mass is 363 g/mol. The highest BCUT2D eigenvalue weighted by Crippen LogP contribution is 2.54. The average Bonchev–Trinajstić information content (AvgIpc) is 2.46. The van der Waals surface area contributed by atoms with Gasteiger partial charge in [0.1, 0.15) is 0 Å². The van der Waals surface area contributed by atoms with Gasteiger partial charge in [0.15, 0.2) is 6.54 Å². The second kappa shape index (κ2) is 5.64. The Hall–Kier alpha value is -0.870. The Morgan fingerprint density at radius 1 is 1.09 bits per heavy atom. The van der Waals surface area contributed by atoms with E-state index >= 15 is 0 Å². The van der Waals surface area contributed by atoms with Crippen LogP contribution in [0.4, 0.5) is 5.69 Å². The molecule has 4 heteroatoms. The maximum absolute atomic E-state index is 12.2. The van der Waals surface area contributed by atoms with Gasteiger partial charge in [-0.2, -0.15) is 0 Å². The molecule has 22 heavy (non-hydrogen) atoms. The van der Waals surface area contributed by atoms with Crippen LogP contribution >= 0.6 is 15.9 Å². The molecule has 0 saturated heterocycles. The number of quaternary nitrogens is 1. The molecule has 0 aliphatic heterocycles. The molecule has 5 rings (SSSR count). The van der Waals surface area contributed by atoms with E-state index in [1.165, 1.54) is 38.5 Å². The van der Waals surface area contributed by atoms with Crippen molar-refractivity contribution in [1.29, 1.82) is 0 Å². The van der Waals surface area contributed by atoms with Crippen LogP contribution in [0.3, 0.4) is 0 Å². The molecule has 4 fully saturated rings. The Balaban J connectivity index is 1.34. The number of anilines is 1. The number of carbonyl (C=O) groups is 1. The molecule has 0 atom stereocenters. The summed E-state index contributed by atoms with van der Waals surface area (Å²) in [6, 6.07) is 7.79. The zero-order chi connectivity index (χ0) is 15.2. The zero-order valence-electron chi connectivity index (χ0n) is 12.9. The van der Waals surface area contributed by atoms with Crippen molar-refractivity contribution in [1.82, 2.24) is 0 Å². The van der Waals surface area contributed by atoms with Gasteiger partial charge in [0.2, 0.25) is 0 Å². The van der Waals surface area contributed by atoms with Crippen LogP contribution in [0.2, 0.25) is 0 Å². The van der Waals surface area contributed by atoms with E-state index in [1.807, 2.05) is 24.3 Å². The van der Waals surface area contributed by atoms with Gasteiger partial charge in [-0.3, -0.25) is 4.79 Å². The van der Waals surface area contributed by atoms with Crippen molar-refractivity contribution in [3.05, 3.63) is 28.7 Å². The fourth-order valence-electron chi connectivity index (χ4n) is 5.48. The predicted octanol–water partition coefficient (Wildman–Crippen LogP) is 2.92. The molecule has 4 bridgehead atoms. The minimum atomic E-state index is 0.123. The molecule has 0 heterocycles. The van der Waals surface area contributed by atoms with E-state index in [4.69, 9.17) is 0 Å². The fourth-order valence-corrected chi connectivity index (χ4v) is 5.75. The number of nitrogens with two attached hydrogens (primary N) is 1. The first kappa shape index (κ1) is 14.7. The standard InChI is InChI=1S/C18H23BrN2O/c19-15-1-3-16(4-2-15)21-17(22)11-20-18-8-12-5-13(9-18)7-14(6-12)10-18/h1-4,12-14,20H,5-11H2,(H,21,22)/p+1. The van der Waals surface area contributed by atoms with Crippen molar-refractivity contribution < 1.29 is 10.1 Å². The number of carbonyl (C=O) groups excluding carboxylic acids is 1. The third kappa shape index (κ3) is 2.95. The molecule has 1 amide bonds. The third-order valence-corrected chi connectivity index (χ3v) is 6.46. The molecule has 4 saturated carbocycles. The second-order valence-corrected chi connectivity index (χ2v) is 8.66. The molecule has 1 aromatic rings. The van der Waals surface area contributed by atoms with E-state index in [9.17, 15) is 4.79 Å². The van der Waals surface area contributed by atoms with Crippen LogP contribution in [0.1, 0.15) is 38.5 Å². The van der Waals surface area contributed by atoms with Crippen molar-refractivity contribution in [3.63, 3.8) is 0 Å². The second-order valence-electron chi connectivity index (χ2n) is 7.74. The van der Waals surface area contributed by atoms with Crippen LogP contribution < -0.4 is 10.6 Å². The summed E-state index contributed by atoms with van der Waals surface area (Å²) in [6.45, 7) is 0.558. The van der Waals surface area contributed by atoms with E-state index < -0.39 is 0 Å². The van der Waals surface area contributed by atoms with Gasteiger partial charge in [-0.05, 0) is 61.3 Å². The van der Waals surface area contributed by atoms with Gasteiger partial charge >= 0.3 is 0 Å². The summed E-state index contributed by atoms with van der Waals surface area (Å²) in [5, 5.41) is 5.38. The third-order valence-electron chi connectivity index (χ3n) is 5.93. The van der Waals surface area contributed by atoms with Crippen LogP contribution in [0.5, 0.6) is 0 Å². The van der Waals surface area contributed by atoms with Gasteiger partial charge in [0, 0.05) is 29.4 Å². The van der Waals surface area contributed by atoms with Crippen LogP contribution in [0, 0.1) is 17.8 Å². The summed E-state index contributed by atoms with van der Waals surface area (Å²) in [7, 11) is 0. The van der Waals surface area contributed by atoms with Gasteiger partial charge in [0.25, 0.3) is 5.91 Å². The first-order valence-electron chi connectivity index (χ1n) is 8.50. The summed E-state index contributed by atoms with van der Waals surface area (Å²) in [6.07, 6.45) is 8.38. The van der Waals surface area contributed by atoms with Crippen molar-refractivity contribution in [2.75, 3.05) is 11.9 Å². The van der Waals surface area contributed by atoms with Gasteiger partial charge in [-0.25, -0.2) is 0 Å². The molecular formula is C18H24BrN2O+. The van der Waals surface area contributed by atoms with Gasteiger partial charge < -0.3 is 10.6 Å². The van der Waals surface area contributed by atoms with E-state index in [1.54, 1.807) is 0 Å². The minimum Gasteiger partial charge on any atom is -0.334 e. The number of rotatable bonds is 4. The van der Waals surface area contributed by atoms with Crippen molar-refractivity contribution in [3.8, 4) is 0 Å². The first-order valence-corrected chi connectivity index (χ1v) is 9.29. The van der Waals surface area contributed by atoms with E-state index in [0.717, 1.165) is 27.9 Å². The molecular weight excluding hydrogens is 340 g/mol.